The SMILES string of the molecule is CC(=O)N1CCc2c(cccc2-c2cc(/C=C3/C(=O)c4ccccc4N3C(C)=O)nc3ccccc23)C1. The lowest BCUT2D eigenvalue weighted by atomic mass is 9.89. The molecule has 0 N–H and O–H groups in total. The molecule has 3 aromatic carbocycles. The number of rotatable bonds is 2. The zero-order chi connectivity index (χ0) is 25.7. The van der Waals surface area contributed by atoms with Crippen molar-refractivity contribution in [2.45, 2.75) is 26.8 Å². The molecule has 6 heteroatoms. The smallest absolute Gasteiger partial charge is 0.228 e. The highest BCUT2D eigenvalue weighted by molar-refractivity contribution is 6.26. The van der Waals surface area contributed by atoms with Crippen LogP contribution in [0.1, 0.15) is 41.0 Å². The van der Waals surface area contributed by atoms with Crippen molar-refractivity contribution in [2.75, 3.05) is 11.4 Å². The predicted molar refractivity (Wildman–Crippen MR) is 144 cm³/mol. The molecule has 6 rings (SSSR count). The topological polar surface area (TPSA) is 70.6 Å². The number of carbonyl (C=O) groups is 3. The fourth-order valence-corrected chi connectivity index (χ4v) is 5.46. The van der Waals surface area contributed by atoms with E-state index in [-0.39, 0.29) is 17.6 Å². The zero-order valence-electron chi connectivity index (χ0n) is 20.7. The molecule has 6 nitrogen and oxygen atoms in total. The maximum absolute atomic E-state index is 13.3. The largest absolute Gasteiger partial charge is 0.338 e. The van der Waals surface area contributed by atoms with Gasteiger partial charge in [0.05, 0.1) is 22.6 Å². The summed E-state index contributed by atoms with van der Waals surface area (Å²) in [5, 5.41) is 1.01. The summed E-state index contributed by atoms with van der Waals surface area (Å²) in [7, 11) is 0. The Morgan fingerprint density at radius 3 is 2.43 bits per heavy atom. The Balaban J connectivity index is 1.52. The molecule has 37 heavy (non-hydrogen) atoms. The molecule has 0 atom stereocenters. The number of aromatic nitrogens is 1. The van der Waals surface area contributed by atoms with Gasteiger partial charge in [-0.25, -0.2) is 4.98 Å². The van der Waals surface area contributed by atoms with Crippen LogP contribution in [0.3, 0.4) is 0 Å². The minimum absolute atomic E-state index is 0.0802. The number of nitrogens with zero attached hydrogens (tertiary/aromatic N) is 3. The molecule has 0 bridgehead atoms. The van der Waals surface area contributed by atoms with Crippen LogP contribution in [0.5, 0.6) is 0 Å². The van der Waals surface area contributed by atoms with E-state index in [9.17, 15) is 14.4 Å². The summed E-state index contributed by atoms with van der Waals surface area (Å²) in [6, 6.07) is 23.3. The van der Waals surface area contributed by atoms with Gasteiger partial charge in [0.25, 0.3) is 0 Å². The molecule has 2 aliphatic rings. The van der Waals surface area contributed by atoms with Gasteiger partial charge in [-0.05, 0) is 59.0 Å². The summed E-state index contributed by atoms with van der Waals surface area (Å²) in [5.74, 6) is -0.335. The molecular formula is C31H25N3O3. The normalized spacial score (nSPS) is 15.7. The van der Waals surface area contributed by atoms with Gasteiger partial charge < -0.3 is 4.90 Å². The number of fused-ring (bicyclic) bond motifs is 3. The van der Waals surface area contributed by atoms with Gasteiger partial charge in [-0.3, -0.25) is 19.3 Å². The lowest BCUT2D eigenvalue weighted by molar-refractivity contribution is -0.129. The number of carbonyl (C=O) groups excluding carboxylic acids is 3. The quantitative estimate of drug-likeness (QED) is 0.355. The number of para-hydroxylation sites is 2. The van der Waals surface area contributed by atoms with Gasteiger partial charge in [0.1, 0.15) is 0 Å². The molecule has 3 heterocycles. The third-order valence-corrected chi connectivity index (χ3v) is 7.20. The van der Waals surface area contributed by atoms with Gasteiger partial charge >= 0.3 is 0 Å². The number of ketones is 1. The lowest BCUT2D eigenvalue weighted by Gasteiger charge is -2.29. The first kappa shape index (κ1) is 22.9. The molecule has 0 unspecified atom stereocenters. The fraction of sp³-hybridized carbons (Fsp3) is 0.161. The number of anilines is 1. The van der Waals surface area contributed by atoms with Crippen LogP contribution in [0.25, 0.3) is 28.1 Å². The number of amides is 2. The fourth-order valence-electron chi connectivity index (χ4n) is 5.46. The zero-order valence-corrected chi connectivity index (χ0v) is 20.7. The van der Waals surface area contributed by atoms with Gasteiger partial charge in [0.2, 0.25) is 17.6 Å². The monoisotopic (exact) mass is 487 g/mol. The number of hydrogen-bond donors (Lipinski definition) is 0. The molecule has 1 aromatic heterocycles. The van der Waals surface area contributed by atoms with E-state index in [1.807, 2.05) is 41.3 Å². The Hall–Kier alpha value is -4.58. The minimum Gasteiger partial charge on any atom is -0.338 e. The van der Waals surface area contributed by atoms with E-state index in [0.29, 0.717) is 35.7 Å². The number of Topliss-reactive ketones (excluding diaryl/α,β-unsaturated/α-hetero) is 1. The van der Waals surface area contributed by atoms with Gasteiger partial charge in [-0.15, -0.1) is 0 Å². The van der Waals surface area contributed by atoms with Crippen molar-refractivity contribution < 1.29 is 14.4 Å². The second-order valence-electron chi connectivity index (χ2n) is 9.48. The molecule has 0 aliphatic carbocycles. The summed E-state index contributed by atoms with van der Waals surface area (Å²) in [5.41, 5.74) is 7.31. The summed E-state index contributed by atoms with van der Waals surface area (Å²) in [6.45, 7) is 4.35. The molecule has 2 amide bonds. The van der Waals surface area contributed by atoms with Gasteiger partial charge in [0.15, 0.2) is 0 Å². The standard InChI is InChI=1S/C31H25N3O3/c1-19(35)33-15-14-23-21(18-33)8-7-11-24(23)27-16-22(32-28-12-5-3-9-25(27)28)17-30-31(37)26-10-4-6-13-29(26)34(30)20(2)36/h3-13,16-17H,14-15,18H2,1-2H3/b30-17-. The summed E-state index contributed by atoms with van der Waals surface area (Å²) < 4.78 is 0. The van der Waals surface area contributed by atoms with Crippen molar-refractivity contribution in [3.05, 3.63) is 101 Å². The molecule has 2 aliphatic heterocycles. The van der Waals surface area contributed by atoms with Gasteiger partial charge in [-0.2, -0.15) is 0 Å². The Morgan fingerprint density at radius 2 is 1.62 bits per heavy atom. The number of pyridine rings is 1. The van der Waals surface area contributed by atoms with Gasteiger partial charge in [0, 0.05) is 37.9 Å². The van der Waals surface area contributed by atoms with E-state index in [1.165, 1.54) is 17.4 Å². The maximum atomic E-state index is 13.3. The molecule has 0 saturated carbocycles. The van der Waals surface area contributed by atoms with E-state index >= 15 is 0 Å². The highest BCUT2D eigenvalue weighted by Crippen LogP contribution is 2.38. The molecule has 0 radical (unpaired) electrons. The summed E-state index contributed by atoms with van der Waals surface area (Å²) in [4.78, 5) is 46.0. The highest BCUT2D eigenvalue weighted by Gasteiger charge is 2.34. The molecule has 4 aromatic rings. The van der Waals surface area contributed by atoms with Gasteiger partial charge in [-0.1, -0.05) is 48.5 Å². The summed E-state index contributed by atoms with van der Waals surface area (Å²) in [6.07, 6.45) is 2.48. The first-order valence-electron chi connectivity index (χ1n) is 12.3. The summed E-state index contributed by atoms with van der Waals surface area (Å²) >= 11 is 0. The second kappa shape index (κ2) is 8.82. The van der Waals surface area contributed by atoms with Crippen LogP contribution in [0.15, 0.2) is 78.5 Å². The van der Waals surface area contributed by atoms with Crippen LogP contribution in [0.2, 0.25) is 0 Å². The van der Waals surface area contributed by atoms with Crippen LogP contribution in [0, 0.1) is 0 Å². The van der Waals surface area contributed by atoms with Crippen LogP contribution >= 0.6 is 0 Å². The Morgan fingerprint density at radius 1 is 0.865 bits per heavy atom. The van der Waals surface area contributed by atoms with Crippen molar-refractivity contribution in [3.8, 4) is 11.1 Å². The van der Waals surface area contributed by atoms with Crippen molar-refractivity contribution in [2.24, 2.45) is 0 Å². The lowest BCUT2D eigenvalue weighted by Crippen LogP contribution is -2.34. The first-order valence-corrected chi connectivity index (χ1v) is 12.3. The van der Waals surface area contributed by atoms with Crippen LogP contribution in [-0.4, -0.2) is 34.0 Å². The minimum atomic E-state index is -0.224. The Bertz CT molecular complexity index is 1650. The highest BCUT2D eigenvalue weighted by atomic mass is 16.2. The second-order valence-corrected chi connectivity index (χ2v) is 9.48. The van der Waals surface area contributed by atoms with E-state index in [0.717, 1.165) is 34.0 Å². The average molecular weight is 488 g/mol. The third-order valence-electron chi connectivity index (χ3n) is 7.20. The third kappa shape index (κ3) is 3.82. The maximum Gasteiger partial charge on any atom is 0.228 e. The predicted octanol–water partition coefficient (Wildman–Crippen LogP) is 5.40. The van der Waals surface area contributed by atoms with E-state index in [2.05, 4.69) is 18.2 Å². The number of benzene rings is 3. The van der Waals surface area contributed by atoms with E-state index < -0.39 is 0 Å². The van der Waals surface area contributed by atoms with E-state index in [4.69, 9.17) is 4.98 Å². The van der Waals surface area contributed by atoms with E-state index in [1.54, 1.807) is 31.2 Å². The van der Waals surface area contributed by atoms with Crippen molar-refractivity contribution in [1.29, 1.82) is 0 Å². The Kier molecular flexibility index (Phi) is 5.45. The molecular weight excluding hydrogens is 462 g/mol. The first-order chi connectivity index (χ1) is 17.9. The van der Waals surface area contributed by atoms with Crippen molar-refractivity contribution in [3.63, 3.8) is 0 Å². The van der Waals surface area contributed by atoms with Crippen LogP contribution in [0.4, 0.5) is 5.69 Å². The molecule has 0 saturated heterocycles. The molecule has 0 fully saturated rings. The van der Waals surface area contributed by atoms with Crippen LogP contribution < -0.4 is 4.90 Å². The van der Waals surface area contributed by atoms with Crippen molar-refractivity contribution >= 4 is 40.3 Å². The van der Waals surface area contributed by atoms with Crippen LogP contribution in [-0.2, 0) is 22.6 Å². The molecule has 0 spiro atoms. The average Bonchev–Trinajstić information content (AvgIpc) is 3.19. The van der Waals surface area contributed by atoms with Crippen molar-refractivity contribution in [1.82, 2.24) is 9.88 Å². The number of allylic oxidation sites excluding steroid dienone is 1. The Labute approximate surface area is 214 Å². The number of hydrogen-bond acceptors (Lipinski definition) is 4. The molecule has 182 valence electrons.